The lowest BCUT2D eigenvalue weighted by Gasteiger charge is -2.10. The summed E-state index contributed by atoms with van der Waals surface area (Å²) in [6.07, 6.45) is 3.36. The van der Waals surface area contributed by atoms with Crippen LogP contribution in [0.15, 0.2) is 54.9 Å². The number of halogens is 1. The van der Waals surface area contributed by atoms with E-state index in [1.165, 1.54) is 0 Å². The van der Waals surface area contributed by atoms with E-state index < -0.39 is 0 Å². The van der Waals surface area contributed by atoms with Gasteiger partial charge in [-0.15, -0.1) is 0 Å². The van der Waals surface area contributed by atoms with Gasteiger partial charge in [-0.05, 0) is 36.8 Å². The van der Waals surface area contributed by atoms with Gasteiger partial charge in [0, 0.05) is 25.0 Å². The maximum absolute atomic E-state index is 12.4. The van der Waals surface area contributed by atoms with Crippen LogP contribution in [-0.2, 0) is 6.54 Å². The van der Waals surface area contributed by atoms with Gasteiger partial charge < -0.3 is 10.6 Å². The number of para-hydroxylation sites is 1. The lowest BCUT2D eigenvalue weighted by atomic mass is 10.2. The monoisotopic (exact) mass is 353 g/mol. The van der Waals surface area contributed by atoms with Gasteiger partial charge in [-0.2, -0.15) is 0 Å². The lowest BCUT2D eigenvalue weighted by molar-refractivity contribution is 0.0945. The van der Waals surface area contributed by atoms with Crippen LogP contribution in [0.4, 0.5) is 11.5 Å². The quantitative estimate of drug-likeness (QED) is 0.733. The normalized spacial score (nSPS) is 10.3. The van der Waals surface area contributed by atoms with Crippen LogP contribution in [0.1, 0.15) is 21.9 Å². The third-order valence-electron chi connectivity index (χ3n) is 3.41. The summed E-state index contributed by atoms with van der Waals surface area (Å²) >= 11 is 6.14. The summed E-state index contributed by atoms with van der Waals surface area (Å²) in [7, 11) is 0. The van der Waals surface area contributed by atoms with Crippen LogP contribution >= 0.6 is 11.6 Å². The second kappa shape index (κ2) is 7.72. The van der Waals surface area contributed by atoms with E-state index in [1.54, 1.807) is 31.5 Å². The van der Waals surface area contributed by atoms with Gasteiger partial charge >= 0.3 is 0 Å². The lowest BCUT2D eigenvalue weighted by Crippen LogP contribution is -2.24. The smallest absolute Gasteiger partial charge is 0.270 e. The summed E-state index contributed by atoms with van der Waals surface area (Å²) in [6.45, 7) is 2.13. The zero-order valence-electron chi connectivity index (χ0n) is 13.5. The number of rotatable bonds is 5. The topological polar surface area (TPSA) is 79.8 Å². The highest BCUT2D eigenvalue weighted by Crippen LogP contribution is 2.24. The van der Waals surface area contributed by atoms with Crippen molar-refractivity contribution in [3.63, 3.8) is 0 Å². The molecular formula is C18H16ClN5O. The number of amides is 1. The average Bonchev–Trinajstić information content (AvgIpc) is 2.62. The van der Waals surface area contributed by atoms with Gasteiger partial charge in [0.15, 0.2) is 0 Å². The number of benzene rings is 1. The molecule has 6 nitrogen and oxygen atoms in total. The maximum Gasteiger partial charge on any atom is 0.270 e. The van der Waals surface area contributed by atoms with Crippen molar-refractivity contribution < 1.29 is 4.79 Å². The Morgan fingerprint density at radius 3 is 2.64 bits per heavy atom. The van der Waals surface area contributed by atoms with Crippen molar-refractivity contribution in [3.05, 3.63) is 77.0 Å². The van der Waals surface area contributed by atoms with Gasteiger partial charge in [0.1, 0.15) is 17.3 Å². The SMILES string of the molecule is Cc1nc(Nc2ccccc2Cl)cc(C(=O)NCc2ccncc2)n1. The number of carbonyl (C=O) groups is 1. The molecule has 2 N–H and O–H groups in total. The van der Waals surface area contributed by atoms with Crippen molar-refractivity contribution in [3.8, 4) is 0 Å². The van der Waals surface area contributed by atoms with Gasteiger partial charge in [0.25, 0.3) is 5.91 Å². The van der Waals surface area contributed by atoms with Crippen LogP contribution in [0.5, 0.6) is 0 Å². The fourth-order valence-corrected chi connectivity index (χ4v) is 2.41. The minimum atomic E-state index is -0.274. The molecule has 0 unspecified atom stereocenters. The maximum atomic E-state index is 12.4. The van der Waals surface area contributed by atoms with Gasteiger partial charge in [0.05, 0.1) is 10.7 Å². The molecule has 2 heterocycles. The summed E-state index contributed by atoms with van der Waals surface area (Å²) in [6, 6.07) is 12.6. The molecule has 2 aromatic heterocycles. The standard InChI is InChI=1S/C18H16ClN5O/c1-12-22-16(18(25)21-11-13-6-8-20-9-7-13)10-17(23-12)24-15-5-3-2-4-14(15)19/h2-10H,11H2,1H3,(H,21,25)(H,22,23,24). The fourth-order valence-electron chi connectivity index (χ4n) is 2.22. The van der Waals surface area contributed by atoms with Crippen molar-refractivity contribution in [1.82, 2.24) is 20.3 Å². The second-order valence-corrected chi connectivity index (χ2v) is 5.74. The molecule has 126 valence electrons. The summed E-state index contributed by atoms with van der Waals surface area (Å²) < 4.78 is 0. The van der Waals surface area contributed by atoms with Gasteiger partial charge in [-0.25, -0.2) is 9.97 Å². The van der Waals surface area contributed by atoms with Crippen LogP contribution in [0, 0.1) is 6.92 Å². The number of anilines is 2. The molecule has 1 amide bonds. The van der Waals surface area contributed by atoms with Crippen molar-refractivity contribution in [2.24, 2.45) is 0 Å². The zero-order valence-corrected chi connectivity index (χ0v) is 14.3. The predicted molar refractivity (Wildman–Crippen MR) is 96.9 cm³/mol. The molecule has 0 radical (unpaired) electrons. The Morgan fingerprint density at radius 2 is 1.88 bits per heavy atom. The molecule has 0 saturated carbocycles. The van der Waals surface area contributed by atoms with Crippen molar-refractivity contribution >= 4 is 29.0 Å². The van der Waals surface area contributed by atoms with Crippen LogP contribution in [0.2, 0.25) is 5.02 Å². The van der Waals surface area contributed by atoms with Gasteiger partial charge in [0.2, 0.25) is 0 Å². The third-order valence-corrected chi connectivity index (χ3v) is 3.74. The van der Waals surface area contributed by atoms with E-state index in [0.29, 0.717) is 28.9 Å². The molecule has 0 spiro atoms. The van der Waals surface area contributed by atoms with Crippen LogP contribution in [0.25, 0.3) is 0 Å². The van der Waals surface area contributed by atoms with E-state index in [0.717, 1.165) is 5.56 Å². The molecule has 3 rings (SSSR count). The number of nitrogens with zero attached hydrogens (tertiary/aromatic N) is 3. The Morgan fingerprint density at radius 1 is 1.12 bits per heavy atom. The highest BCUT2D eigenvalue weighted by Gasteiger charge is 2.11. The Kier molecular flexibility index (Phi) is 5.20. The molecule has 7 heteroatoms. The predicted octanol–water partition coefficient (Wildman–Crippen LogP) is 3.51. The van der Waals surface area contributed by atoms with Crippen molar-refractivity contribution in [2.75, 3.05) is 5.32 Å². The number of nitrogens with one attached hydrogen (secondary N) is 2. The number of aryl methyl sites for hydroxylation is 1. The first-order valence-corrected chi connectivity index (χ1v) is 8.04. The fraction of sp³-hybridized carbons (Fsp3) is 0.111. The number of carbonyl (C=O) groups excluding carboxylic acids is 1. The van der Waals surface area contributed by atoms with E-state index in [9.17, 15) is 4.79 Å². The average molecular weight is 354 g/mol. The van der Waals surface area contributed by atoms with Gasteiger partial charge in [-0.3, -0.25) is 9.78 Å². The highest BCUT2D eigenvalue weighted by atomic mass is 35.5. The van der Waals surface area contributed by atoms with Crippen molar-refractivity contribution in [2.45, 2.75) is 13.5 Å². The molecule has 0 aliphatic heterocycles. The molecular weight excluding hydrogens is 338 g/mol. The first kappa shape index (κ1) is 16.9. The van der Waals surface area contributed by atoms with Crippen LogP contribution in [0.3, 0.4) is 0 Å². The molecule has 0 bridgehead atoms. The second-order valence-electron chi connectivity index (χ2n) is 5.33. The Bertz CT molecular complexity index is 886. The Labute approximate surface area is 150 Å². The number of hydrogen-bond acceptors (Lipinski definition) is 5. The molecule has 0 aliphatic rings. The molecule has 3 aromatic rings. The van der Waals surface area contributed by atoms with E-state index in [4.69, 9.17) is 11.6 Å². The van der Waals surface area contributed by atoms with E-state index in [1.807, 2.05) is 30.3 Å². The summed E-state index contributed by atoms with van der Waals surface area (Å²) in [5.74, 6) is 0.727. The van der Waals surface area contributed by atoms with E-state index in [-0.39, 0.29) is 11.6 Å². The molecule has 0 atom stereocenters. The molecule has 0 fully saturated rings. The highest BCUT2D eigenvalue weighted by molar-refractivity contribution is 6.33. The minimum Gasteiger partial charge on any atom is -0.347 e. The number of hydrogen-bond donors (Lipinski definition) is 2. The van der Waals surface area contributed by atoms with Crippen LogP contribution < -0.4 is 10.6 Å². The molecule has 1 aromatic carbocycles. The summed E-state index contributed by atoms with van der Waals surface area (Å²) in [4.78, 5) is 24.8. The van der Waals surface area contributed by atoms with Crippen molar-refractivity contribution in [1.29, 1.82) is 0 Å². The Hall–Kier alpha value is -2.99. The van der Waals surface area contributed by atoms with E-state index >= 15 is 0 Å². The number of pyridine rings is 1. The molecule has 0 aliphatic carbocycles. The summed E-state index contributed by atoms with van der Waals surface area (Å²) in [5.41, 5.74) is 1.96. The zero-order chi connectivity index (χ0) is 17.6. The third kappa shape index (κ3) is 4.51. The van der Waals surface area contributed by atoms with Gasteiger partial charge in [-0.1, -0.05) is 23.7 Å². The first-order valence-electron chi connectivity index (χ1n) is 7.66. The van der Waals surface area contributed by atoms with Crippen LogP contribution in [-0.4, -0.2) is 20.9 Å². The summed E-state index contributed by atoms with van der Waals surface area (Å²) in [5, 5.41) is 6.52. The molecule has 25 heavy (non-hydrogen) atoms. The first-order chi connectivity index (χ1) is 12.1. The van der Waals surface area contributed by atoms with E-state index in [2.05, 4.69) is 25.6 Å². The minimum absolute atomic E-state index is 0.274. The Balaban J connectivity index is 1.74. The molecule has 0 saturated heterocycles. The number of aromatic nitrogens is 3. The largest absolute Gasteiger partial charge is 0.347 e.